The lowest BCUT2D eigenvalue weighted by Crippen LogP contribution is -2.44. The Morgan fingerprint density at radius 3 is 2.94 bits per heavy atom. The summed E-state index contributed by atoms with van der Waals surface area (Å²) in [5.74, 6) is 1.97. The van der Waals surface area contributed by atoms with Gasteiger partial charge in [-0.05, 0) is 32.2 Å². The van der Waals surface area contributed by atoms with Gasteiger partial charge >= 0.3 is 0 Å². The van der Waals surface area contributed by atoms with Gasteiger partial charge in [-0.25, -0.2) is 9.97 Å². The molecular weight excluding hydrogens is 226 g/mol. The summed E-state index contributed by atoms with van der Waals surface area (Å²) in [4.78, 5) is 10.9. The number of rotatable bonds is 4. The maximum Gasteiger partial charge on any atom is 0.134 e. The molecular formula is C13H21N5. The maximum atomic E-state index is 4.39. The molecule has 2 aliphatic rings. The van der Waals surface area contributed by atoms with E-state index in [2.05, 4.69) is 38.6 Å². The zero-order valence-electron chi connectivity index (χ0n) is 10.9. The van der Waals surface area contributed by atoms with E-state index in [4.69, 9.17) is 0 Å². The zero-order chi connectivity index (χ0) is 12.4. The number of likely N-dealkylation sites (N-methyl/N-ethyl adjacent to an activating group) is 1. The molecule has 1 aliphatic heterocycles. The molecule has 1 saturated heterocycles. The summed E-state index contributed by atoms with van der Waals surface area (Å²) >= 11 is 0. The molecule has 1 saturated carbocycles. The molecule has 2 heterocycles. The maximum absolute atomic E-state index is 4.39. The number of aromatic nitrogens is 2. The Kier molecular flexibility index (Phi) is 3.32. The van der Waals surface area contributed by atoms with Gasteiger partial charge in [-0.15, -0.1) is 0 Å². The van der Waals surface area contributed by atoms with Crippen molar-refractivity contribution in [3.05, 3.63) is 12.4 Å². The summed E-state index contributed by atoms with van der Waals surface area (Å²) in [6.07, 6.45) is 6.67. The second-order valence-electron chi connectivity index (χ2n) is 5.29. The van der Waals surface area contributed by atoms with Crippen LogP contribution in [0.2, 0.25) is 0 Å². The molecule has 1 atom stereocenters. The minimum absolute atomic E-state index is 0.544. The van der Waals surface area contributed by atoms with E-state index in [9.17, 15) is 0 Å². The minimum atomic E-state index is 0.544. The monoisotopic (exact) mass is 247 g/mol. The average molecular weight is 247 g/mol. The van der Waals surface area contributed by atoms with Crippen molar-refractivity contribution in [3.8, 4) is 0 Å². The van der Waals surface area contributed by atoms with Crippen LogP contribution in [-0.4, -0.2) is 42.2 Å². The highest BCUT2D eigenvalue weighted by Crippen LogP contribution is 2.25. The molecule has 0 bridgehead atoms. The van der Waals surface area contributed by atoms with Crippen molar-refractivity contribution in [1.29, 1.82) is 0 Å². The topological polar surface area (TPSA) is 53.1 Å². The number of hydrogen-bond donors (Lipinski definition) is 2. The first-order valence-corrected chi connectivity index (χ1v) is 6.85. The van der Waals surface area contributed by atoms with Gasteiger partial charge < -0.3 is 15.5 Å². The van der Waals surface area contributed by atoms with Crippen LogP contribution in [0.4, 0.5) is 11.6 Å². The van der Waals surface area contributed by atoms with E-state index in [1.807, 2.05) is 0 Å². The van der Waals surface area contributed by atoms with Crippen LogP contribution in [0.25, 0.3) is 0 Å². The Balaban J connectivity index is 1.69. The van der Waals surface area contributed by atoms with E-state index in [1.54, 1.807) is 6.33 Å². The number of anilines is 2. The van der Waals surface area contributed by atoms with Crippen molar-refractivity contribution in [2.75, 3.05) is 30.4 Å². The summed E-state index contributed by atoms with van der Waals surface area (Å²) in [5, 5.41) is 6.86. The molecule has 2 fully saturated rings. The predicted molar refractivity (Wildman–Crippen MR) is 73.0 cm³/mol. The van der Waals surface area contributed by atoms with Crippen molar-refractivity contribution in [2.45, 2.75) is 37.8 Å². The van der Waals surface area contributed by atoms with Gasteiger partial charge in [-0.3, -0.25) is 0 Å². The molecule has 2 N–H and O–H groups in total. The van der Waals surface area contributed by atoms with Gasteiger partial charge in [0.05, 0.1) is 0 Å². The fourth-order valence-electron chi connectivity index (χ4n) is 2.41. The van der Waals surface area contributed by atoms with Gasteiger partial charge in [-0.1, -0.05) is 0 Å². The first-order valence-electron chi connectivity index (χ1n) is 6.85. The molecule has 0 spiro atoms. The highest BCUT2D eigenvalue weighted by molar-refractivity contribution is 5.49. The zero-order valence-corrected chi connectivity index (χ0v) is 10.9. The molecule has 0 aromatic carbocycles. The Morgan fingerprint density at radius 2 is 2.22 bits per heavy atom. The molecule has 1 aromatic heterocycles. The summed E-state index contributed by atoms with van der Waals surface area (Å²) < 4.78 is 0. The van der Waals surface area contributed by atoms with E-state index in [-0.39, 0.29) is 0 Å². The molecule has 1 aromatic rings. The third-order valence-electron chi connectivity index (χ3n) is 3.76. The second kappa shape index (κ2) is 5.10. The number of nitrogens with zero attached hydrogens (tertiary/aromatic N) is 3. The van der Waals surface area contributed by atoms with Gasteiger partial charge in [0, 0.05) is 31.7 Å². The molecule has 5 heteroatoms. The lowest BCUT2D eigenvalue weighted by Gasteiger charge is -2.32. The van der Waals surface area contributed by atoms with Crippen molar-refractivity contribution >= 4 is 11.6 Å². The molecule has 1 aliphatic carbocycles. The van der Waals surface area contributed by atoms with Crippen LogP contribution >= 0.6 is 0 Å². The van der Waals surface area contributed by atoms with Crippen molar-refractivity contribution in [2.24, 2.45) is 0 Å². The van der Waals surface area contributed by atoms with E-state index in [0.29, 0.717) is 12.1 Å². The third kappa shape index (κ3) is 2.72. The molecule has 98 valence electrons. The van der Waals surface area contributed by atoms with Crippen molar-refractivity contribution in [1.82, 2.24) is 15.3 Å². The van der Waals surface area contributed by atoms with E-state index in [0.717, 1.165) is 24.7 Å². The van der Waals surface area contributed by atoms with Crippen LogP contribution < -0.4 is 15.5 Å². The normalized spacial score (nSPS) is 23.7. The lowest BCUT2D eigenvalue weighted by atomic mass is 10.1. The fraction of sp³-hybridized carbons (Fsp3) is 0.692. The molecule has 0 radical (unpaired) electrons. The first-order chi connectivity index (χ1) is 8.83. The lowest BCUT2D eigenvalue weighted by molar-refractivity contribution is 0.443. The standard InChI is InChI=1S/C13H21N5/c1-18(11-3-2-6-14-8-11)13-7-12(15-9-16-13)17-10-4-5-10/h7,9-11,14H,2-6,8H2,1H3,(H,15,16,17)/t11-/m1/s1. The van der Waals surface area contributed by atoms with Crippen LogP contribution in [0.5, 0.6) is 0 Å². The van der Waals surface area contributed by atoms with Crippen LogP contribution in [0.15, 0.2) is 12.4 Å². The van der Waals surface area contributed by atoms with Crippen molar-refractivity contribution < 1.29 is 0 Å². The quantitative estimate of drug-likeness (QED) is 0.838. The first kappa shape index (κ1) is 11.7. The summed E-state index contributed by atoms with van der Waals surface area (Å²) in [6.45, 7) is 2.19. The molecule has 3 rings (SSSR count). The van der Waals surface area contributed by atoms with Crippen LogP contribution in [0, 0.1) is 0 Å². The summed E-state index contributed by atoms with van der Waals surface area (Å²) in [6, 6.07) is 3.24. The van der Waals surface area contributed by atoms with Crippen molar-refractivity contribution in [3.63, 3.8) is 0 Å². The second-order valence-corrected chi connectivity index (χ2v) is 5.29. The number of nitrogens with one attached hydrogen (secondary N) is 2. The highest BCUT2D eigenvalue weighted by atomic mass is 15.2. The largest absolute Gasteiger partial charge is 0.367 e. The van der Waals surface area contributed by atoms with E-state index < -0.39 is 0 Å². The number of hydrogen-bond acceptors (Lipinski definition) is 5. The fourth-order valence-corrected chi connectivity index (χ4v) is 2.41. The van der Waals surface area contributed by atoms with Crippen LogP contribution in [-0.2, 0) is 0 Å². The average Bonchev–Trinajstić information content (AvgIpc) is 3.23. The Bertz CT molecular complexity index is 398. The minimum Gasteiger partial charge on any atom is -0.367 e. The SMILES string of the molecule is CN(c1cc(NC2CC2)ncn1)[C@@H]1CCCNC1. The van der Waals surface area contributed by atoms with E-state index in [1.165, 1.54) is 25.7 Å². The van der Waals surface area contributed by atoms with Gasteiger partial charge in [-0.2, -0.15) is 0 Å². The smallest absolute Gasteiger partial charge is 0.134 e. The predicted octanol–water partition coefficient (Wildman–Crippen LogP) is 1.24. The molecule has 0 unspecified atom stereocenters. The molecule has 0 amide bonds. The third-order valence-corrected chi connectivity index (χ3v) is 3.76. The van der Waals surface area contributed by atoms with Gasteiger partial charge in [0.15, 0.2) is 0 Å². The van der Waals surface area contributed by atoms with Gasteiger partial charge in [0.1, 0.15) is 18.0 Å². The van der Waals surface area contributed by atoms with Gasteiger partial charge in [0.25, 0.3) is 0 Å². The summed E-state index contributed by atoms with van der Waals surface area (Å²) in [7, 11) is 2.13. The molecule has 5 nitrogen and oxygen atoms in total. The van der Waals surface area contributed by atoms with E-state index >= 15 is 0 Å². The highest BCUT2D eigenvalue weighted by Gasteiger charge is 2.22. The Labute approximate surface area is 108 Å². The Hall–Kier alpha value is -1.36. The van der Waals surface area contributed by atoms with Crippen LogP contribution in [0.1, 0.15) is 25.7 Å². The number of piperidine rings is 1. The summed E-state index contributed by atoms with van der Waals surface area (Å²) in [5.41, 5.74) is 0. The molecule has 18 heavy (non-hydrogen) atoms. The Morgan fingerprint density at radius 1 is 1.33 bits per heavy atom. The van der Waals surface area contributed by atoms with Gasteiger partial charge in [0.2, 0.25) is 0 Å². The van der Waals surface area contributed by atoms with Crippen LogP contribution in [0.3, 0.4) is 0 Å².